The van der Waals surface area contributed by atoms with Crippen LogP contribution in [0.25, 0.3) is 10.9 Å². The summed E-state index contributed by atoms with van der Waals surface area (Å²) in [5, 5.41) is 26.9. The Bertz CT molecular complexity index is 1120. The maximum absolute atomic E-state index is 13.2. The van der Waals surface area contributed by atoms with Gasteiger partial charge >= 0.3 is 11.9 Å². The SMILES string of the molecule is CSCCC(NC(=O)C(Cc1c[nH]c2ccccc12)NC(=O)C(CCC(=O)O)NC(=O)C(C)N)C(=O)O. The molecule has 2 rings (SSSR count). The van der Waals surface area contributed by atoms with Crippen LogP contribution in [0.5, 0.6) is 0 Å². The van der Waals surface area contributed by atoms with Crippen molar-refractivity contribution in [1.29, 1.82) is 0 Å². The van der Waals surface area contributed by atoms with Gasteiger partial charge in [0.05, 0.1) is 6.04 Å². The van der Waals surface area contributed by atoms with E-state index >= 15 is 0 Å². The second kappa shape index (κ2) is 14.2. The van der Waals surface area contributed by atoms with Crippen LogP contribution in [0.4, 0.5) is 0 Å². The Morgan fingerprint density at radius 1 is 0.946 bits per heavy atom. The fraction of sp³-hybridized carbons (Fsp3) is 0.458. The Labute approximate surface area is 218 Å². The van der Waals surface area contributed by atoms with E-state index in [0.717, 1.165) is 10.9 Å². The van der Waals surface area contributed by atoms with Crippen molar-refractivity contribution in [2.45, 2.75) is 56.8 Å². The van der Waals surface area contributed by atoms with Crippen LogP contribution in [0.2, 0.25) is 0 Å². The fourth-order valence-electron chi connectivity index (χ4n) is 3.61. The van der Waals surface area contributed by atoms with Gasteiger partial charge in [0.15, 0.2) is 0 Å². The van der Waals surface area contributed by atoms with Gasteiger partial charge in [0, 0.05) is 29.9 Å². The number of H-pyrrole nitrogens is 1. The van der Waals surface area contributed by atoms with Crippen molar-refractivity contribution < 1.29 is 34.2 Å². The van der Waals surface area contributed by atoms with Crippen LogP contribution in [0.1, 0.15) is 31.7 Å². The smallest absolute Gasteiger partial charge is 0.326 e. The second-order valence-electron chi connectivity index (χ2n) is 8.59. The quantitative estimate of drug-likeness (QED) is 0.166. The minimum atomic E-state index is -1.26. The minimum absolute atomic E-state index is 0.0172. The normalized spacial score (nSPS) is 14.2. The summed E-state index contributed by atoms with van der Waals surface area (Å²) in [6.07, 6.45) is 3.07. The van der Waals surface area contributed by atoms with E-state index in [1.807, 2.05) is 30.5 Å². The van der Waals surface area contributed by atoms with Crippen LogP contribution < -0.4 is 21.7 Å². The number of amides is 3. The average Bonchev–Trinajstić information content (AvgIpc) is 3.25. The van der Waals surface area contributed by atoms with Gasteiger partial charge in [-0.15, -0.1) is 0 Å². The lowest BCUT2D eigenvalue weighted by atomic mass is 10.0. The summed E-state index contributed by atoms with van der Waals surface area (Å²) in [7, 11) is 0. The summed E-state index contributed by atoms with van der Waals surface area (Å²) in [6.45, 7) is 1.41. The number of aromatic amines is 1. The summed E-state index contributed by atoms with van der Waals surface area (Å²) in [6, 6.07) is 2.77. The van der Waals surface area contributed by atoms with Crippen molar-refractivity contribution >= 4 is 52.3 Å². The Kier molecular flexibility index (Phi) is 11.4. The minimum Gasteiger partial charge on any atom is -0.481 e. The first-order valence-electron chi connectivity index (χ1n) is 11.7. The maximum Gasteiger partial charge on any atom is 0.326 e. The number of aromatic nitrogens is 1. The molecule has 0 radical (unpaired) electrons. The van der Waals surface area contributed by atoms with Crippen molar-refractivity contribution in [2.24, 2.45) is 5.73 Å². The van der Waals surface area contributed by atoms with Crippen LogP contribution in [0, 0.1) is 0 Å². The molecule has 0 fully saturated rings. The molecular weight excluding hydrogens is 502 g/mol. The monoisotopic (exact) mass is 535 g/mol. The molecule has 1 aromatic carbocycles. The van der Waals surface area contributed by atoms with Crippen LogP contribution in [0.3, 0.4) is 0 Å². The number of rotatable bonds is 15. The Hall–Kier alpha value is -3.58. The summed E-state index contributed by atoms with van der Waals surface area (Å²) >= 11 is 1.43. The van der Waals surface area contributed by atoms with Gasteiger partial charge in [-0.2, -0.15) is 11.8 Å². The highest BCUT2D eigenvalue weighted by Gasteiger charge is 2.30. The van der Waals surface area contributed by atoms with E-state index in [2.05, 4.69) is 20.9 Å². The van der Waals surface area contributed by atoms with Gasteiger partial charge in [0.2, 0.25) is 17.7 Å². The topological polar surface area (TPSA) is 204 Å². The number of benzene rings is 1. The van der Waals surface area contributed by atoms with E-state index in [0.29, 0.717) is 11.3 Å². The molecule has 0 spiro atoms. The third-order valence-corrected chi connectivity index (χ3v) is 6.29. The van der Waals surface area contributed by atoms with Gasteiger partial charge < -0.3 is 36.9 Å². The number of thioether (sulfide) groups is 1. The summed E-state index contributed by atoms with van der Waals surface area (Å²) in [5.74, 6) is -4.04. The number of carboxylic acid groups (broad SMARTS) is 2. The zero-order valence-electron chi connectivity index (χ0n) is 20.7. The number of carbonyl (C=O) groups excluding carboxylic acids is 3. The summed E-state index contributed by atoms with van der Waals surface area (Å²) in [4.78, 5) is 64.4. The molecule has 0 saturated heterocycles. The third kappa shape index (κ3) is 9.10. The molecule has 8 N–H and O–H groups in total. The van der Waals surface area contributed by atoms with E-state index in [1.54, 1.807) is 6.20 Å². The first-order chi connectivity index (χ1) is 17.5. The molecule has 1 heterocycles. The number of para-hydroxylation sites is 1. The lowest BCUT2D eigenvalue weighted by molar-refractivity contribution is -0.142. The molecule has 2 aromatic rings. The number of nitrogens with one attached hydrogen (secondary N) is 4. The highest BCUT2D eigenvalue weighted by Crippen LogP contribution is 2.19. The predicted molar refractivity (Wildman–Crippen MR) is 139 cm³/mol. The lowest BCUT2D eigenvalue weighted by Crippen LogP contribution is -2.57. The zero-order chi connectivity index (χ0) is 27.5. The number of carbonyl (C=O) groups is 5. The Morgan fingerprint density at radius 2 is 1.57 bits per heavy atom. The number of fused-ring (bicyclic) bond motifs is 1. The largest absolute Gasteiger partial charge is 0.481 e. The molecule has 0 aliphatic carbocycles. The molecule has 0 aliphatic rings. The number of nitrogens with two attached hydrogens (primary N) is 1. The van der Waals surface area contributed by atoms with E-state index in [4.69, 9.17) is 10.8 Å². The molecule has 13 heteroatoms. The van der Waals surface area contributed by atoms with Crippen molar-refractivity contribution in [3.8, 4) is 0 Å². The molecule has 4 unspecified atom stereocenters. The van der Waals surface area contributed by atoms with E-state index in [1.165, 1.54) is 18.7 Å². The van der Waals surface area contributed by atoms with E-state index < -0.39 is 60.2 Å². The molecule has 37 heavy (non-hydrogen) atoms. The van der Waals surface area contributed by atoms with E-state index in [-0.39, 0.29) is 19.3 Å². The molecule has 202 valence electrons. The van der Waals surface area contributed by atoms with Gasteiger partial charge in [-0.05, 0) is 43.4 Å². The second-order valence-corrected chi connectivity index (χ2v) is 9.57. The van der Waals surface area contributed by atoms with Gasteiger partial charge in [0.25, 0.3) is 0 Å². The highest BCUT2D eigenvalue weighted by atomic mass is 32.2. The summed E-state index contributed by atoms with van der Waals surface area (Å²) < 4.78 is 0. The number of hydrogen-bond donors (Lipinski definition) is 7. The van der Waals surface area contributed by atoms with Crippen LogP contribution in [-0.2, 0) is 30.4 Å². The number of aliphatic carboxylic acids is 2. The van der Waals surface area contributed by atoms with E-state index in [9.17, 15) is 29.1 Å². The summed E-state index contributed by atoms with van der Waals surface area (Å²) in [5.41, 5.74) is 7.09. The van der Waals surface area contributed by atoms with Gasteiger partial charge in [-0.3, -0.25) is 19.2 Å². The van der Waals surface area contributed by atoms with Crippen molar-refractivity contribution in [3.63, 3.8) is 0 Å². The molecular formula is C24H33N5O7S. The first-order valence-corrected chi connectivity index (χ1v) is 13.1. The Balaban J connectivity index is 2.32. The highest BCUT2D eigenvalue weighted by molar-refractivity contribution is 7.98. The van der Waals surface area contributed by atoms with Crippen molar-refractivity contribution in [3.05, 3.63) is 36.0 Å². The first kappa shape index (κ1) is 29.6. The van der Waals surface area contributed by atoms with Crippen LogP contribution >= 0.6 is 11.8 Å². The molecule has 4 atom stereocenters. The third-order valence-electron chi connectivity index (χ3n) is 5.65. The molecule has 1 aromatic heterocycles. The van der Waals surface area contributed by atoms with Crippen LogP contribution in [-0.4, -0.2) is 81.0 Å². The lowest BCUT2D eigenvalue weighted by Gasteiger charge is -2.25. The molecule has 3 amide bonds. The number of carboxylic acids is 2. The van der Waals surface area contributed by atoms with Gasteiger partial charge in [-0.25, -0.2) is 4.79 Å². The Morgan fingerprint density at radius 3 is 2.19 bits per heavy atom. The van der Waals surface area contributed by atoms with Crippen molar-refractivity contribution in [1.82, 2.24) is 20.9 Å². The average molecular weight is 536 g/mol. The van der Waals surface area contributed by atoms with Gasteiger partial charge in [0.1, 0.15) is 18.1 Å². The standard InChI is InChI=1S/C24H33N5O7S/c1-13(25)21(32)27-17(7-8-20(30)31)22(33)29-19(23(34)28-18(24(35)36)9-10-37-2)11-14-12-26-16-6-4-3-5-15(14)16/h3-6,12-13,17-19,26H,7-11,25H2,1-2H3,(H,27,32)(H,28,34)(H,29,33)(H,30,31)(H,35,36). The predicted octanol–water partition coefficient (Wildman–Crippen LogP) is 0.215. The molecule has 0 saturated carbocycles. The number of hydrogen-bond acceptors (Lipinski definition) is 7. The van der Waals surface area contributed by atoms with Crippen molar-refractivity contribution in [2.75, 3.05) is 12.0 Å². The van der Waals surface area contributed by atoms with Crippen LogP contribution in [0.15, 0.2) is 30.5 Å². The molecule has 0 aliphatic heterocycles. The molecule has 0 bridgehead atoms. The van der Waals surface area contributed by atoms with Gasteiger partial charge in [-0.1, -0.05) is 18.2 Å². The fourth-order valence-corrected chi connectivity index (χ4v) is 4.08. The molecule has 12 nitrogen and oxygen atoms in total. The zero-order valence-corrected chi connectivity index (χ0v) is 21.5. The maximum atomic E-state index is 13.2.